The van der Waals surface area contributed by atoms with Crippen LogP contribution < -0.4 is 15.8 Å². The van der Waals surface area contributed by atoms with Crippen molar-refractivity contribution in [1.29, 1.82) is 0 Å². The minimum absolute atomic E-state index is 0.160. The second-order valence-corrected chi connectivity index (χ2v) is 8.36. The van der Waals surface area contributed by atoms with Gasteiger partial charge in [0.15, 0.2) is 0 Å². The second kappa shape index (κ2) is 8.91. The van der Waals surface area contributed by atoms with Crippen LogP contribution >= 0.6 is 0 Å². The summed E-state index contributed by atoms with van der Waals surface area (Å²) in [5.74, 6) is 0.586. The highest BCUT2D eigenvalue weighted by Gasteiger charge is 2.14. The largest absolute Gasteiger partial charge is 0.508 e. The van der Waals surface area contributed by atoms with Gasteiger partial charge in [0.25, 0.3) is 5.56 Å². The molecule has 8 heteroatoms. The highest BCUT2D eigenvalue weighted by molar-refractivity contribution is 5.76. The number of phenols is 1. The lowest BCUT2D eigenvalue weighted by Gasteiger charge is -2.34. The Morgan fingerprint density at radius 2 is 1.79 bits per heavy atom. The molecule has 2 aromatic heterocycles. The van der Waals surface area contributed by atoms with Crippen molar-refractivity contribution < 1.29 is 5.11 Å². The van der Waals surface area contributed by atoms with Crippen molar-refractivity contribution in [2.45, 2.75) is 6.54 Å². The number of fused-ring (bicyclic) bond motifs is 1. The fourth-order valence-corrected chi connectivity index (χ4v) is 4.07. The van der Waals surface area contributed by atoms with E-state index in [-0.39, 0.29) is 11.3 Å². The molecule has 8 nitrogen and oxygen atoms in total. The number of nitrogens with zero attached hydrogens (tertiary/aromatic N) is 5. The minimum Gasteiger partial charge on any atom is -0.508 e. The third-order valence-corrected chi connectivity index (χ3v) is 5.97. The van der Waals surface area contributed by atoms with Gasteiger partial charge in [-0.2, -0.15) is 4.98 Å². The molecule has 168 valence electrons. The molecule has 0 radical (unpaired) electrons. The van der Waals surface area contributed by atoms with Crippen LogP contribution in [0.4, 0.5) is 17.3 Å². The summed E-state index contributed by atoms with van der Waals surface area (Å²) in [5, 5.41) is 13.8. The van der Waals surface area contributed by atoms with Crippen LogP contribution in [0.5, 0.6) is 5.75 Å². The molecule has 0 atom stereocenters. The van der Waals surface area contributed by atoms with Crippen LogP contribution in [0.15, 0.2) is 71.7 Å². The Bertz CT molecular complexity index is 1330. The maximum Gasteiger partial charge on any atom is 0.252 e. The number of phenolic OH excluding ortho intramolecular Hbond substituents is 1. The zero-order chi connectivity index (χ0) is 22.8. The first kappa shape index (κ1) is 21.0. The first-order chi connectivity index (χ1) is 16.0. The molecule has 0 amide bonds. The molecule has 0 unspecified atom stereocenters. The fourth-order valence-electron chi connectivity index (χ4n) is 4.07. The summed E-state index contributed by atoms with van der Waals surface area (Å²) in [6, 6.07) is 18.4. The Morgan fingerprint density at radius 3 is 2.55 bits per heavy atom. The van der Waals surface area contributed by atoms with E-state index in [9.17, 15) is 9.90 Å². The molecule has 0 aliphatic carbocycles. The van der Waals surface area contributed by atoms with Crippen LogP contribution in [0.1, 0.15) is 5.56 Å². The molecule has 0 saturated carbocycles. The SMILES string of the molecule is CN1CCN(c2ccc(Nc3ncc4ccc(=O)n(Cc5cccc(O)c5)c4n3)cc2)CC1. The van der Waals surface area contributed by atoms with Gasteiger partial charge in [0, 0.05) is 55.2 Å². The molecular weight excluding hydrogens is 416 g/mol. The average molecular weight is 443 g/mol. The van der Waals surface area contributed by atoms with Crippen LogP contribution in [0, 0.1) is 0 Å². The summed E-state index contributed by atoms with van der Waals surface area (Å²) in [7, 11) is 2.15. The van der Waals surface area contributed by atoms with Crippen molar-refractivity contribution in [3.05, 3.63) is 82.8 Å². The summed E-state index contributed by atoms with van der Waals surface area (Å²) in [6.45, 7) is 4.48. The summed E-state index contributed by atoms with van der Waals surface area (Å²) in [4.78, 5) is 26.4. The van der Waals surface area contributed by atoms with Gasteiger partial charge in [0.1, 0.15) is 11.4 Å². The second-order valence-electron chi connectivity index (χ2n) is 8.36. The van der Waals surface area contributed by atoms with Gasteiger partial charge < -0.3 is 20.2 Å². The van der Waals surface area contributed by atoms with Crippen molar-refractivity contribution in [3.63, 3.8) is 0 Å². The monoisotopic (exact) mass is 442 g/mol. The first-order valence-corrected chi connectivity index (χ1v) is 11.0. The standard InChI is InChI=1S/C25H26N6O2/c1-29-11-13-30(14-12-29)21-8-6-20(7-9-21)27-25-26-16-19-5-10-23(33)31(24(19)28-25)17-18-3-2-4-22(32)15-18/h2-10,15-16,32H,11-14,17H2,1H3,(H,26,27,28). The van der Waals surface area contributed by atoms with Gasteiger partial charge in [-0.05, 0) is 55.1 Å². The molecule has 5 rings (SSSR count). The predicted molar refractivity (Wildman–Crippen MR) is 130 cm³/mol. The van der Waals surface area contributed by atoms with Gasteiger partial charge in [0.2, 0.25) is 5.95 Å². The average Bonchev–Trinajstić information content (AvgIpc) is 2.82. The number of anilines is 3. The van der Waals surface area contributed by atoms with Crippen molar-refractivity contribution in [2.75, 3.05) is 43.4 Å². The maximum atomic E-state index is 12.6. The van der Waals surface area contributed by atoms with Crippen molar-refractivity contribution >= 4 is 28.4 Å². The highest BCUT2D eigenvalue weighted by Crippen LogP contribution is 2.22. The summed E-state index contributed by atoms with van der Waals surface area (Å²) >= 11 is 0. The van der Waals surface area contributed by atoms with Crippen molar-refractivity contribution in [2.24, 2.45) is 0 Å². The van der Waals surface area contributed by atoms with Gasteiger partial charge in [-0.3, -0.25) is 9.36 Å². The maximum absolute atomic E-state index is 12.6. The molecule has 4 aromatic rings. The molecule has 2 N–H and O–H groups in total. The highest BCUT2D eigenvalue weighted by atomic mass is 16.3. The van der Waals surface area contributed by atoms with E-state index in [0.717, 1.165) is 42.8 Å². The number of benzene rings is 2. The summed E-state index contributed by atoms with van der Waals surface area (Å²) in [6.07, 6.45) is 1.71. The molecule has 1 saturated heterocycles. The fraction of sp³-hybridized carbons (Fsp3) is 0.240. The smallest absolute Gasteiger partial charge is 0.252 e. The molecule has 2 aromatic carbocycles. The van der Waals surface area contributed by atoms with E-state index in [0.29, 0.717) is 18.1 Å². The molecular formula is C25H26N6O2. The van der Waals surface area contributed by atoms with E-state index in [2.05, 4.69) is 44.3 Å². The molecule has 0 bridgehead atoms. The number of nitrogens with one attached hydrogen (secondary N) is 1. The number of rotatable bonds is 5. The number of aromatic nitrogens is 3. The van der Waals surface area contributed by atoms with Crippen LogP contribution in [0.3, 0.4) is 0 Å². The Hall–Kier alpha value is -3.91. The Balaban J connectivity index is 1.39. The first-order valence-electron chi connectivity index (χ1n) is 11.0. The van der Waals surface area contributed by atoms with Crippen molar-refractivity contribution in [1.82, 2.24) is 19.4 Å². The Labute approximate surface area is 191 Å². The molecule has 1 fully saturated rings. The van der Waals surface area contributed by atoms with E-state index >= 15 is 0 Å². The van der Waals surface area contributed by atoms with E-state index in [1.807, 2.05) is 18.2 Å². The van der Waals surface area contributed by atoms with Gasteiger partial charge >= 0.3 is 0 Å². The van der Waals surface area contributed by atoms with E-state index < -0.39 is 0 Å². The van der Waals surface area contributed by atoms with Crippen LogP contribution in [-0.4, -0.2) is 57.8 Å². The van der Waals surface area contributed by atoms with Crippen LogP contribution in [-0.2, 0) is 6.54 Å². The summed E-state index contributed by atoms with van der Waals surface area (Å²) < 4.78 is 1.59. The molecule has 1 aliphatic rings. The third kappa shape index (κ3) is 4.65. The Kier molecular flexibility index (Phi) is 5.66. The topological polar surface area (TPSA) is 86.5 Å². The summed E-state index contributed by atoms with van der Waals surface area (Å²) in [5.41, 5.74) is 3.28. The molecule has 1 aliphatic heterocycles. The van der Waals surface area contributed by atoms with Gasteiger partial charge in [-0.15, -0.1) is 0 Å². The lowest BCUT2D eigenvalue weighted by atomic mass is 10.2. The van der Waals surface area contributed by atoms with E-state index in [4.69, 9.17) is 0 Å². The van der Waals surface area contributed by atoms with Crippen LogP contribution in [0.25, 0.3) is 11.0 Å². The predicted octanol–water partition coefficient (Wildman–Crippen LogP) is 3.04. The van der Waals surface area contributed by atoms with E-state index in [1.165, 1.54) is 11.8 Å². The third-order valence-electron chi connectivity index (χ3n) is 5.97. The lowest BCUT2D eigenvalue weighted by Crippen LogP contribution is -2.44. The Morgan fingerprint density at radius 1 is 1.00 bits per heavy atom. The van der Waals surface area contributed by atoms with Crippen molar-refractivity contribution in [3.8, 4) is 5.75 Å². The minimum atomic E-state index is -0.160. The zero-order valence-electron chi connectivity index (χ0n) is 18.5. The molecule has 0 spiro atoms. The number of hydrogen-bond donors (Lipinski definition) is 2. The zero-order valence-corrected chi connectivity index (χ0v) is 18.5. The van der Waals surface area contributed by atoms with Gasteiger partial charge in [-0.25, -0.2) is 4.98 Å². The number of likely N-dealkylation sites (N-methyl/N-ethyl adjacent to an activating group) is 1. The number of piperazine rings is 1. The number of aromatic hydroxyl groups is 1. The van der Waals surface area contributed by atoms with Gasteiger partial charge in [0.05, 0.1) is 6.54 Å². The normalized spacial score (nSPS) is 14.5. The number of hydrogen-bond acceptors (Lipinski definition) is 7. The molecule has 33 heavy (non-hydrogen) atoms. The lowest BCUT2D eigenvalue weighted by molar-refractivity contribution is 0.313. The molecule has 3 heterocycles. The van der Waals surface area contributed by atoms with E-state index in [1.54, 1.807) is 35.0 Å². The van der Waals surface area contributed by atoms with Crippen LogP contribution in [0.2, 0.25) is 0 Å². The van der Waals surface area contributed by atoms with Gasteiger partial charge in [-0.1, -0.05) is 12.1 Å². The quantitative estimate of drug-likeness (QED) is 0.491. The number of pyridine rings is 1.